The van der Waals surface area contributed by atoms with Gasteiger partial charge < -0.3 is 10.0 Å². The second kappa shape index (κ2) is 6.06. The summed E-state index contributed by atoms with van der Waals surface area (Å²) in [4.78, 5) is 2.16. The van der Waals surface area contributed by atoms with Gasteiger partial charge in [-0.2, -0.15) is 0 Å². The maximum atomic E-state index is 13.8. The molecular formula is C20H24FNO. The molecule has 0 saturated heterocycles. The minimum absolute atomic E-state index is 0.239. The van der Waals surface area contributed by atoms with Gasteiger partial charge in [0, 0.05) is 0 Å². The van der Waals surface area contributed by atoms with E-state index < -0.39 is 5.60 Å². The molecule has 0 fully saturated rings. The first-order valence-electron chi connectivity index (χ1n) is 8.15. The first-order chi connectivity index (χ1) is 10.9. The van der Waals surface area contributed by atoms with Crippen molar-refractivity contribution in [2.45, 2.75) is 31.3 Å². The molecule has 0 radical (unpaired) electrons. The molecule has 2 aromatic rings. The minimum Gasteiger partial charge on any atom is -0.381 e. The van der Waals surface area contributed by atoms with Crippen molar-refractivity contribution in [2.75, 3.05) is 20.6 Å². The summed E-state index contributed by atoms with van der Waals surface area (Å²) in [6.45, 7) is 2.78. The third-order valence-corrected chi connectivity index (χ3v) is 4.91. The van der Waals surface area contributed by atoms with Crippen LogP contribution in [0.15, 0.2) is 42.5 Å². The Morgan fingerprint density at radius 2 is 1.91 bits per heavy atom. The molecule has 0 saturated carbocycles. The highest BCUT2D eigenvalue weighted by atomic mass is 19.1. The number of rotatable bonds is 3. The first-order valence-corrected chi connectivity index (χ1v) is 8.15. The summed E-state index contributed by atoms with van der Waals surface area (Å²) in [7, 11) is 4.12. The molecule has 2 nitrogen and oxygen atoms in total. The van der Waals surface area contributed by atoms with Crippen molar-refractivity contribution < 1.29 is 9.50 Å². The van der Waals surface area contributed by atoms with Crippen LogP contribution >= 0.6 is 0 Å². The standard InChI is InChI=1S/C20H24FNO/c1-20(23)18-9-8-16(21)13-15(18)12-14(10-11-22(2)3)17-6-4-5-7-19(17)20/h4-9,13-14,23H,10-12H2,1-3H3. The van der Waals surface area contributed by atoms with E-state index in [0.29, 0.717) is 0 Å². The molecule has 122 valence electrons. The van der Waals surface area contributed by atoms with Gasteiger partial charge in [0.05, 0.1) is 0 Å². The molecule has 2 unspecified atom stereocenters. The maximum Gasteiger partial charge on any atom is 0.123 e. The van der Waals surface area contributed by atoms with Crippen molar-refractivity contribution in [2.24, 2.45) is 0 Å². The molecule has 3 heteroatoms. The Hall–Kier alpha value is -1.71. The number of hydrogen-bond donors (Lipinski definition) is 1. The average molecular weight is 313 g/mol. The molecule has 0 aromatic heterocycles. The molecule has 1 aliphatic rings. The molecule has 2 aromatic carbocycles. The Kier molecular flexibility index (Phi) is 4.26. The van der Waals surface area contributed by atoms with Crippen LogP contribution in [0.25, 0.3) is 0 Å². The van der Waals surface area contributed by atoms with Crippen LogP contribution in [0.1, 0.15) is 41.5 Å². The Balaban J connectivity index is 2.13. The molecule has 1 aliphatic carbocycles. The van der Waals surface area contributed by atoms with Gasteiger partial charge in [-0.05, 0) is 80.7 Å². The molecule has 2 atom stereocenters. The van der Waals surface area contributed by atoms with E-state index in [1.54, 1.807) is 12.1 Å². The van der Waals surface area contributed by atoms with Crippen LogP contribution in [0, 0.1) is 5.82 Å². The summed E-state index contributed by atoms with van der Waals surface area (Å²) in [5, 5.41) is 11.2. The van der Waals surface area contributed by atoms with E-state index in [-0.39, 0.29) is 11.7 Å². The van der Waals surface area contributed by atoms with Crippen LogP contribution in [0.4, 0.5) is 4.39 Å². The summed E-state index contributed by atoms with van der Waals surface area (Å²) in [5.74, 6) is 0.0417. The molecule has 0 amide bonds. The van der Waals surface area contributed by atoms with Crippen LogP contribution in [-0.4, -0.2) is 30.6 Å². The molecule has 1 N–H and O–H groups in total. The fourth-order valence-electron chi connectivity index (χ4n) is 3.69. The summed E-state index contributed by atoms with van der Waals surface area (Å²) in [6, 6.07) is 12.8. The van der Waals surface area contributed by atoms with Gasteiger partial charge in [-0.3, -0.25) is 0 Å². The first kappa shape index (κ1) is 16.2. The van der Waals surface area contributed by atoms with Crippen LogP contribution in [0.2, 0.25) is 0 Å². The highest BCUT2D eigenvalue weighted by Gasteiger charge is 2.35. The maximum absolute atomic E-state index is 13.8. The Labute approximate surface area is 137 Å². The van der Waals surface area contributed by atoms with Crippen molar-refractivity contribution in [3.05, 3.63) is 70.5 Å². The lowest BCUT2D eigenvalue weighted by Gasteiger charge is -2.27. The third kappa shape index (κ3) is 3.04. The van der Waals surface area contributed by atoms with Gasteiger partial charge in [0.15, 0.2) is 0 Å². The topological polar surface area (TPSA) is 23.5 Å². The predicted octanol–water partition coefficient (Wildman–Crippen LogP) is 3.67. The zero-order valence-electron chi connectivity index (χ0n) is 14.0. The van der Waals surface area contributed by atoms with E-state index in [1.165, 1.54) is 11.6 Å². The number of nitrogens with zero attached hydrogens (tertiary/aromatic N) is 1. The minimum atomic E-state index is -1.09. The van der Waals surface area contributed by atoms with Crippen molar-refractivity contribution in [1.29, 1.82) is 0 Å². The van der Waals surface area contributed by atoms with E-state index in [9.17, 15) is 9.50 Å². The van der Waals surface area contributed by atoms with Gasteiger partial charge in [-0.25, -0.2) is 4.39 Å². The summed E-state index contributed by atoms with van der Waals surface area (Å²) in [6.07, 6.45) is 1.74. The Bertz CT molecular complexity index is 709. The van der Waals surface area contributed by atoms with E-state index in [0.717, 1.165) is 36.1 Å². The van der Waals surface area contributed by atoms with Gasteiger partial charge in [0.2, 0.25) is 0 Å². The van der Waals surface area contributed by atoms with Crippen molar-refractivity contribution in [3.63, 3.8) is 0 Å². The highest BCUT2D eigenvalue weighted by Crippen LogP contribution is 2.42. The zero-order valence-corrected chi connectivity index (χ0v) is 14.0. The van der Waals surface area contributed by atoms with Gasteiger partial charge in [-0.1, -0.05) is 30.3 Å². The van der Waals surface area contributed by atoms with Gasteiger partial charge in [0.1, 0.15) is 11.4 Å². The summed E-state index contributed by atoms with van der Waals surface area (Å²) in [5.41, 5.74) is 2.76. The number of halogens is 1. The number of aliphatic hydroxyl groups is 1. The van der Waals surface area contributed by atoms with E-state index >= 15 is 0 Å². The Morgan fingerprint density at radius 1 is 1.17 bits per heavy atom. The zero-order chi connectivity index (χ0) is 16.6. The highest BCUT2D eigenvalue weighted by molar-refractivity contribution is 5.48. The molecule has 0 bridgehead atoms. The quantitative estimate of drug-likeness (QED) is 0.934. The van der Waals surface area contributed by atoms with Crippen LogP contribution in [0.3, 0.4) is 0 Å². The number of benzene rings is 2. The largest absolute Gasteiger partial charge is 0.381 e. The molecular weight excluding hydrogens is 289 g/mol. The number of hydrogen-bond acceptors (Lipinski definition) is 2. The smallest absolute Gasteiger partial charge is 0.123 e. The monoisotopic (exact) mass is 313 g/mol. The fraction of sp³-hybridized carbons (Fsp3) is 0.400. The second-order valence-corrected chi connectivity index (χ2v) is 6.95. The predicted molar refractivity (Wildman–Crippen MR) is 91.1 cm³/mol. The lowest BCUT2D eigenvalue weighted by Crippen LogP contribution is -2.24. The Morgan fingerprint density at radius 3 is 2.65 bits per heavy atom. The molecule has 3 rings (SSSR count). The molecule has 23 heavy (non-hydrogen) atoms. The normalized spacial score (nSPS) is 23.3. The van der Waals surface area contributed by atoms with E-state index in [4.69, 9.17) is 0 Å². The van der Waals surface area contributed by atoms with Gasteiger partial charge in [0.25, 0.3) is 0 Å². The average Bonchev–Trinajstić information content (AvgIpc) is 2.59. The van der Waals surface area contributed by atoms with Crippen LogP contribution in [-0.2, 0) is 12.0 Å². The molecule has 0 heterocycles. The lowest BCUT2D eigenvalue weighted by molar-refractivity contribution is 0.101. The fourth-order valence-corrected chi connectivity index (χ4v) is 3.69. The second-order valence-electron chi connectivity index (χ2n) is 6.95. The summed E-state index contributed by atoms with van der Waals surface area (Å²) >= 11 is 0. The van der Waals surface area contributed by atoms with Crippen LogP contribution < -0.4 is 0 Å². The van der Waals surface area contributed by atoms with Crippen molar-refractivity contribution in [1.82, 2.24) is 4.90 Å². The molecule has 0 aliphatic heterocycles. The van der Waals surface area contributed by atoms with Gasteiger partial charge >= 0.3 is 0 Å². The van der Waals surface area contributed by atoms with Gasteiger partial charge in [-0.15, -0.1) is 0 Å². The summed E-state index contributed by atoms with van der Waals surface area (Å²) < 4.78 is 13.8. The lowest BCUT2D eigenvalue weighted by atomic mass is 9.84. The van der Waals surface area contributed by atoms with Crippen molar-refractivity contribution >= 4 is 0 Å². The molecule has 0 spiro atoms. The number of fused-ring (bicyclic) bond motifs is 2. The van der Waals surface area contributed by atoms with E-state index in [2.05, 4.69) is 25.1 Å². The SMILES string of the molecule is CN(C)CCC1Cc2cc(F)ccc2C(C)(O)c2ccccc21. The van der Waals surface area contributed by atoms with Crippen LogP contribution in [0.5, 0.6) is 0 Å². The van der Waals surface area contributed by atoms with E-state index in [1.807, 2.05) is 25.1 Å². The third-order valence-electron chi connectivity index (χ3n) is 4.91. The van der Waals surface area contributed by atoms with Crippen molar-refractivity contribution in [3.8, 4) is 0 Å².